The molecule has 1 rings (SSSR count). The van der Waals surface area contributed by atoms with Gasteiger partial charge in [0.25, 0.3) is 0 Å². The van der Waals surface area contributed by atoms with Gasteiger partial charge < -0.3 is 4.74 Å². The van der Waals surface area contributed by atoms with Crippen molar-refractivity contribution in [2.75, 3.05) is 6.61 Å². The van der Waals surface area contributed by atoms with Crippen LogP contribution in [0.1, 0.15) is 45.7 Å². The summed E-state index contributed by atoms with van der Waals surface area (Å²) in [6, 6.07) is 8.30. The summed E-state index contributed by atoms with van der Waals surface area (Å²) in [7, 11) is 0. The molecule has 0 radical (unpaired) electrons. The third-order valence-electron chi connectivity index (χ3n) is 3.38. The molecule has 0 aliphatic heterocycles. The van der Waals surface area contributed by atoms with Gasteiger partial charge in [0.05, 0.1) is 12.6 Å². The lowest BCUT2D eigenvalue weighted by molar-refractivity contribution is 0.236. The summed E-state index contributed by atoms with van der Waals surface area (Å²) < 4.78 is 5.43. The number of nitrogens with one attached hydrogen (secondary N) is 1. The number of hydrazine groups is 1. The third-order valence-corrected chi connectivity index (χ3v) is 3.38. The van der Waals surface area contributed by atoms with Crippen LogP contribution in [0.15, 0.2) is 24.3 Å². The van der Waals surface area contributed by atoms with Gasteiger partial charge in [0, 0.05) is 0 Å². The van der Waals surface area contributed by atoms with Crippen LogP contribution in [0.3, 0.4) is 0 Å². The van der Waals surface area contributed by atoms with Crippen molar-refractivity contribution in [3.8, 4) is 5.75 Å². The Morgan fingerprint density at radius 1 is 1.24 bits per heavy atom. The average molecular weight is 236 g/mol. The summed E-state index contributed by atoms with van der Waals surface area (Å²) in [5.41, 5.74) is 4.24. The van der Waals surface area contributed by atoms with Crippen molar-refractivity contribution < 1.29 is 4.74 Å². The lowest BCUT2D eigenvalue weighted by Gasteiger charge is -2.33. The molecule has 1 aromatic rings. The standard InChI is InChI=1S/C14H24N2O/c1-5-14(3,4)13(16-15)11-7-9-12(10-8-11)17-6-2/h7-10,13,16H,5-6,15H2,1-4H3. The summed E-state index contributed by atoms with van der Waals surface area (Å²) in [5.74, 6) is 6.59. The summed E-state index contributed by atoms with van der Waals surface area (Å²) >= 11 is 0. The maximum atomic E-state index is 5.68. The molecule has 3 nitrogen and oxygen atoms in total. The predicted molar refractivity (Wildman–Crippen MR) is 71.7 cm³/mol. The van der Waals surface area contributed by atoms with Crippen LogP contribution in [-0.2, 0) is 0 Å². The van der Waals surface area contributed by atoms with E-state index in [4.69, 9.17) is 10.6 Å². The molecule has 0 aromatic heterocycles. The number of hydrogen-bond donors (Lipinski definition) is 2. The molecule has 17 heavy (non-hydrogen) atoms. The molecule has 0 fully saturated rings. The SMILES string of the molecule is CCOc1ccc(C(NN)C(C)(C)CC)cc1. The summed E-state index contributed by atoms with van der Waals surface area (Å²) in [6.07, 6.45) is 1.06. The van der Waals surface area contributed by atoms with E-state index in [1.165, 1.54) is 5.56 Å². The van der Waals surface area contributed by atoms with Crippen LogP contribution in [0.25, 0.3) is 0 Å². The Kier molecular flexibility index (Phi) is 4.97. The first-order valence-corrected chi connectivity index (χ1v) is 6.24. The molecule has 0 spiro atoms. The van der Waals surface area contributed by atoms with Crippen molar-refractivity contribution in [3.63, 3.8) is 0 Å². The van der Waals surface area contributed by atoms with Gasteiger partial charge >= 0.3 is 0 Å². The lowest BCUT2D eigenvalue weighted by Crippen LogP contribution is -2.38. The Hall–Kier alpha value is -1.06. The Morgan fingerprint density at radius 2 is 1.82 bits per heavy atom. The van der Waals surface area contributed by atoms with E-state index >= 15 is 0 Å². The van der Waals surface area contributed by atoms with Gasteiger partial charge in [0.15, 0.2) is 0 Å². The largest absolute Gasteiger partial charge is 0.494 e. The summed E-state index contributed by atoms with van der Waals surface area (Å²) in [6.45, 7) is 9.29. The first kappa shape index (κ1) is 14.0. The zero-order valence-electron chi connectivity index (χ0n) is 11.3. The van der Waals surface area contributed by atoms with Gasteiger partial charge in [-0.25, -0.2) is 0 Å². The van der Waals surface area contributed by atoms with Crippen molar-refractivity contribution in [2.45, 2.75) is 40.2 Å². The van der Waals surface area contributed by atoms with Crippen LogP contribution in [-0.4, -0.2) is 6.61 Å². The van der Waals surface area contributed by atoms with Crippen molar-refractivity contribution in [3.05, 3.63) is 29.8 Å². The number of ether oxygens (including phenoxy) is 1. The first-order valence-electron chi connectivity index (χ1n) is 6.24. The molecular weight excluding hydrogens is 212 g/mol. The summed E-state index contributed by atoms with van der Waals surface area (Å²) in [4.78, 5) is 0. The van der Waals surface area contributed by atoms with E-state index in [1.807, 2.05) is 19.1 Å². The Balaban J connectivity index is 2.89. The van der Waals surface area contributed by atoms with Gasteiger partial charge in [0.2, 0.25) is 0 Å². The van der Waals surface area contributed by atoms with Crippen LogP contribution >= 0.6 is 0 Å². The molecule has 0 aliphatic rings. The highest BCUT2D eigenvalue weighted by molar-refractivity contribution is 5.30. The third kappa shape index (κ3) is 3.45. The number of benzene rings is 1. The number of rotatable bonds is 6. The Bertz CT molecular complexity index is 333. The van der Waals surface area contributed by atoms with Crippen molar-refractivity contribution in [1.82, 2.24) is 5.43 Å². The molecule has 1 unspecified atom stereocenters. The number of hydrogen-bond acceptors (Lipinski definition) is 3. The topological polar surface area (TPSA) is 47.3 Å². The van der Waals surface area contributed by atoms with Gasteiger partial charge in [-0.1, -0.05) is 32.9 Å². The minimum atomic E-state index is 0.127. The highest BCUT2D eigenvalue weighted by Gasteiger charge is 2.28. The Labute approximate surface area is 104 Å². The lowest BCUT2D eigenvalue weighted by atomic mass is 9.79. The maximum Gasteiger partial charge on any atom is 0.119 e. The van der Waals surface area contributed by atoms with E-state index in [-0.39, 0.29) is 11.5 Å². The van der Waals surface area contributed by atoms with E-state index in [1.54, 1.807) is 0 Å². The van der Waals surface area contributed by atoms with Gasteiger partial charge in [-0.2, -0.15) is 0 Å². The minimum absolute atomic E-state index is 0.127. The smallest absolute Gasteiger partial charge is 0.119 e. The van der Waals surface area contributed by atoms with Crippen LogP contribution in [0.4, 0.5) is 0 Å². The molecule has 96 valence electrons. The van der Waals surface area contributed by atoms with Crippen LogP contribution < -0.4 is 16.0 Å². The van der Waals surface area contributed by atoms with Gasteiger partial charge in [-0.05, 0) is 36.5 Å². The molecule has 0 saturated heterocycles. The van der Waals surface area contributed by atoms with Gasteiger partial charge in [-0.3, -0.25) is 11.3 Å². The van der Waals surface area contributed by atoms with Crippen LogP contribution in [0.5, 0.6) is 5.75 Å². The maximum absolute atomic E-state index is 5.68. The Morgan fingerprint density at radius 3 is 2.24 bits per heavy atom. The average Bonchev–Trinajstić information content (AvgIpc) is 2.32. The van der Waals surface area contributed by atoms with E-state index < -0.39 is 0 Å². The fourth-order valence-corrected chi connectivity index (χ4v) is 1.90. The van der Waals surface area contributed by atoms with Crippen molar-refractivity contribution >= 4 is 0 Å². The van der Waals surface area contributed by atoms with E-state index in [2.05, 4.69) is 38.3 Å². The number of nitrogens with two attached hydrogens (primary N) is 1. The zero-order chi connectivity index (χ0) is 12.9. The fourth-order valence-electron chi connectivity index (χ4n) is 1.90. The van der Waals surface area contributed by atoms with Gasteiger partial charge in [0.1, 0.15) is 5.75 Å². The van der Waals surface area contributed by atoms with Crippen LogP contribution in [0, 0.1) is 5.41 Å². The highest BCUT2D eigenvalue weighted by Crippen LogP contribution is 2.36. The monoisotopic (exact) mass is 236 g/mol. The highest BCUT2D eigenvalue weighted by atomic mass is 16.5. The molecular formula is C14H24N2O. The molecule has 1 aromatic carbocycles. The second kappa shape index (κ2) is 6.03. The zero-order valence-corrected chi connectivity index (χ0v) is 11.3. The quantitative estimate of drug-likeness (QED) is 0.589. The molecule has 1 atom stereocenters. The predicted octanol–water partition coefficient (Wildman–Crippen LogP) is 3.03. The minimum Gasteiger partial charge on any atom is -0.494 e. The van der Waals surface area contributed by atoms with Gasteiger partial charge in [-0.15, -0.1) is 0 Å². The molecule has 3 heteroatoms. The van der Waals surface area contributed by atoms with E-state index in [9.17, 15) is 0 Å². The summed E-state index contributed by atoms with van der Waals surface area (Å²) in [5, 5.41) is 0. The molecule has 0 heterocycles. The first-order chi connectivity index (χ1) is 8.05. The second-order valence-electron chi connectivity index (χ2n) is 4.94. The second-order valence-corrected chi connectivity index (χ2v) is 4.94. The molecule has 0 saturated carbocycles. The van der Waals surface area contributed by atoms with E-state index in [0.717, 1.165) is 12.2 Å². The molecule has 0 aliphatic carbocycles. The van der Waals surface area contributed by atoms with Crippen LogP contribution in [0.2, 0.25) is 0 Å². The van der Waals surface area contributed by atoms with Crippen molar-refractivity contribution in [2.24, 2.45) is 11.3 Å². The van der Waals surface area contributed by atoms with Crippen molar-refractivity contribution in [1.29, 1.82) is 0 Å². The molecule has 0 amide bonds. The fraction of sp³-hybridized carbons (Fsp3) is 0.571. The van der Waals surface area contributed by atoms with E-state index in [0.29, 0.717) is 6.61 Å². The molecule has 3 N–H and O–H groups in total. The normalized spacial score (nSPS) is 13.5. The molecule has 0 bridgehead atoms.